The number of aliphatic hydroxyl groups is 2. The Hall–Kier alpha value is 0.748. The van der Waals surface area contributed by atoms with Crippen LogP contribution in [0, 0.1) is 0 Å². The van der Waals surface area contributed by atoms with Crippen molar-refractivity contribution < 1.29 is 68.1 Å². The maximum Gasteiger partial charge on any atom is 0.676 e. The van der Waals surface area contributed by atoms with Gasteiger partial charge >= 0.3 is 18.1 Å². The summed E-state index contributed by atoms with van der Waals surface area (Å²) >= 11 is 0. The fourth-order valence-corrected chi connectivity index (χ4v) is 1.50. The van der Waals surface area contributed by atoms with E-state index in [0.29, 0.717) is 0 Å². The molecule has 0 aromatic carbocycles. The third kappa shape index (κ3) is 36.4. The summed E-state index contributed by atoms with van der Waals surface area (Å²) in [6, 6.07) is 0. The maximum absolute atomic E-state index is 8.91. The van der Waals surface area contributed by atoms with Crippen molar-refractivity contribution in [1.82, 2.24) is 0 Å². The van der Waals surface area contributed by atoms with E-state index in [0.717, 1.165) is 0 Å². The Morgan fingerprint density at radius 1 is 0.520 bits per heavy atom. The van der Waals surface area contributed by atoms with Gasteiger partial charge in [0.15, 0.2) is 0 Å². The summed E-state index contributed by atoms with van der Waals surface area (Å²) in [6.07, 6.45) is -0.333. The van der Waals surface area contributed by atoms with Crippen molar-refractivity contribution in [2.75, 3.05) is 42.7 Å². The summed E-state index contributed by atoms with van der Waals surface area (Å²) in [6.45, 7) is 6.89. The van der Waals surface area contributed by atoms with Gasteiger partial charge in [0.25, 0.3) is 0 Å². The van der Waals surface area contributed by atoms with E-state index in [2.05, 4.69) is 26.6 Å². The van der Waals surface area contributed by atoms with Crippen LogP contribution in [0.4, 0.5) is 0 Å². The first-order chi connectivity index (χ1) is 10.8. The molecule has 0 aromatic heterocycles. The fourth-order valence-electron chi connectivity index (χ4n) is 0.500. The van der Waals surface area contributed by atoms with Gasteiger partial charge in [-0.2, -0.15) is 0 Å². The summed E-state index contributed by atoms with van der Waals surface area (Å²) in [5.74, 6) is 0. The Morgan fingerprint density at radius 3 is 0.600 bits per heavy atom. The quantitative estimate of drug-likeness (QED) is 0.396. The second kappa shape index (κ2) is 22.8. The van der Waals surface area contributed by atoms with Crippen LogP contribution in [0.1, 0.15) is 27.7 Å². The van der Waals surface area contributed by atoms with Gasteiger partial charge in [0.1, 0.15) is 0 Å². The molecular formula is C12H36O10Si2Ti. The van der Waals surface area contributed by atoms with Crippen LogP contribution in [-0.4, -0.2) is 92.8 Å². The van der Waals surface area contributed by atoms with Crippen LogP contribution in [0.5, 0.6) is 0 Å². The van der Waals surface area contributed by atoms with E-state index >= 15 is 0 Å². The average Bonchev–Trinajstić information content (AvgIpc) is 2.53. The Morgan fingerprint density at radius 2 is 0.600 bits per heavy atom. The van der Waals surface area contributed by atoms with E-state index in [4.69, 9.17) is 19.8 Å². The first kappa shape index (κ1) is 36.6. The van der Waals surface area contributed by atoms with Gasteiger partial charge in [-0.25, -0.2) is 0 Å². The van der Waals surface area contributed by atoms with Crippen LogP contribution < -0.4 is 0 Å². The molecule has 13 heteroatoms. The topological polar surface area (TPSA) is 136 Å². The van der Waals surface area contributed by atoms with Crippen LogP contribution in [-0.2, 0) is 48.3 Å². The van der Waals surface area contributed by atoms with Gasteiger partial charge in [0, 0.05) is 76.6 Å². The predicted octanol–water partition coefficient (Wildman–Crippen LogP) is -0.521. The number of hydrogen-bond acceptors (Lipinski definition) is 10. The standard InChI is InChI=1S/2C3H10O4Si.2C3H8O.Ti/c2*1-5-8(4,6-2)7-3;2*1-3(2)4;/h2*4H,1-3H3;2*3-4H,1-2H3;. The van der Waals surface area contributed by atoms with Crippen LogP contribution >= 0.6 is 0 Å². The smallest absolute Gasteiger partial charge is 0.394 e. The molecule has 4 N–H and O–H groups in total. The van der Waals surface area contributed by atoms with Gasteiger partial charge in [-0.3, -0.25) is 0 Å². The Bertz CT molecular complexity index is 196. The molecule has 0 atom stereocenters. The Labute approximate surface area is 168 Å². The number of aliphatic hydroxyl groups excluding tert-OH is 2. The summed E-state index contributed by atoms with van der Waals surface area (Å²) in [5.41, 5.74) is 0. The van der Waals surface area contributed by atoms with Crippen molar-refractivity contribution >= 4 is 18.1 Å². The minimum absolute atomic E-state index is 0. The molecule has 0 spiro atoms. The minimum atomic E-state index is -3.17. The van der Waals surface area contributed by atoms with E-state index in [1.54, 1.807) is 27.7 Å². The zero-order valence-electron chi connectivity index (χ0n) is 16.9. The van der Waals surface area contributed by atoms with Crippen molar-refractivity contribution in [3.05, 3.63) is 0 Å². The largest absolute Gasteiger partial charge is 0.676 e. The maximum atomic E-state index is 8.91. The fraction of sp³-hybridized carbons (Fsp3) is 1.00. The average molecular weight is 444 g/mol. The Kier molecular flexibility index (Phi) is 33.4. The molecule has 0 saturated heterocycles. The van der Waals surface area contributed by atoms with Crippen molar-refractivity contribution in [2.24, 2.45) is 0 Å². The molecule has 25 heavy (non-hydrogen) atoms. The van der Waals surface area contributed by atoms with E-state index < -0.39 is 18.1 Å². The number of rotatable bonds is 6. The molecule has 0 heterocycles. The molecule has 0 aliphatic rings. The molecule has 10 nitrogen and oxygen atoms in total. The van der Waals surface area contributed by atoms with Crippen molar-refractivity contribution in [3.8, 4) is 0 Å². The zero-order valence-corrected chi connectivity index (χ0v) is 20.5. The zero-order chi connectivity index (χ0) is 20.4. The molecule has 0 aliphatic heterocycles. The van der Waals surface area contributed by atoms with E-state index in [-0.39, 0.29) is 33.9 Å². The molecule has 0 aromatic rings. The molecule has 0 fully saturated rings. The molecular weight excluding hydrogens is 408 g/mol. The SMILES string of the molecule is CC(C)O.CC(C)O.CO[Si](O)(OC)OC.CO[Si](O)(OC)OC.[Ti]. The van der Waals surface area contributed by atoms with Gasteiger partial charge in [-0.05, 0) is 27.7 Å². The van der Waals surface area contributed by atoms with Crippen molar-refractivity contribution in [3.63, 3.8) is 0 Å². The Balaban J connectivity index is -0.0000000739. The van der Waals surface area contributed by atoms with E-state index in [1.807, 2.05) is 0 Å². The normalized spacial score (nSPS) is 10.6. The van der Waals surface area contributed by atoms with Gasteiger partial charge in [0.05, 0.1) is 0 Å². The second-order valence-corrected chi connectivity index (χ2v) is 9.00. The van der Waals surface area contributed by atoms with Gasteiger partial charge in [-0.1, -0.05) is 0 Å². The summed E-state index contributed by atoms with van der Waals surface area (Å²) in [4.78, 5) is 17.8. The first-order valence-corrected chi connectivity index (χ1v) is 10.3. The van der Waals surface area contributed by atoms with Crippen LogP contribution in [0.15, 0.2) is 0 Å². The summed E-state index contributed by atoms with van der Waals surface area (Å²) < 4.78 is 26.9. The van der Waals surface area contributed by atoms with Gasteiger partial charge in [-0.15, -0.1) is 0 Å². The predicted molar refractivity (Wildman–Crippen MR) is 92.7 cm³/mol. The summed E-state index contributed by atoms with van der Waals surface area (Å²) in [5, 5.41) is 16.1. The minimum Gasteiger partial charge on any atom is -0.394 e. The molecule has 0 amide bonds. The molecule has 0 aliphatic carbocycles. The van der Waals surface area contributed by atoms with Crippen LogP contribution in [0.25, 0.3) is 0 Å². The van der Waals surface area contributed by atoms with Crippen LogP contribution in [0.2, 0.25) is 0 Å². The third-order valence-corrected chi connectivity index (χ3v) is 4.64. The van der Waals surface area contributed by atoms with E-state index in [1.165, 1.54) is 42.7 Å². The van der Waals surface area contributed by atoms with Crippen molar-refractivity contribution in [1.29, 1.82) is 0 Å². The molecule has 156 valence electrons. The summed E-state index contributed by atoms with van der Waals surface area (Å²) in [7, 11) is 1.65. The molecule has 0 radical (unpaired) electrons. The molecule has 0 unspecified atom stereocenters. The third-order valence-electron chi connectivity index (χ3n) is 1.55. The number of hydrogen-bond donors (Lipinski definition) is 4. The monoisotopic (exact) mass is 444 g/mol. The molecule has 0 rings (SSSR count). The molecule has 0 saturated carbocycles. The first-order valence-electron chi connectivity index (χ1n) is 6.95. The molecule has 0 bridgehead atoms. The van der Waals surface area contributed by atoms with Gasteiger partial charge in [0.2, 0.25) is 0 Å². The van der Waals surface area contributed by atoms with E-state index in [9.17, 15) is 0 Å². The second-order valence-electron chi connectivity index (χ2n) is 4.46. The van der Waals surface area contributed by atoms with Crippen molar-refractivity contribution in [2.45, 2.75) is 39.9 Å². The van der Waals surface area contributed by atoms with Gasteiger partial charge < -0.3 is 46.4 Å². The van der Waals surface area contributed by atoms with Crippen LogP contribution in [0.3, 0.4) is 0 Å².